The zero-order valence-electron chi connectivity index (χ0n) is 15.1. The fourth-order valence-corrected chi connectivity index (χ4v) is 2.79. The molecule has 2 amide bonds. The van der Waals surface area contributed by atoms with E-state index < -0.39 is 0 Å². The van der Waals surface area contributed by atoms with Crippen LogP contribution in [-0.4, -0.2) is 30.4 Å². The number of halogens is 1. The predicted octanol–water partition coefficient (Wildman–Crippen LogP) is 3.77. The van der Waals surface area contributed by atoms with Crippen molar-refractivity contribution in [3.63, 3.8) is 0 Å². The molecule has 6 nitrogen and oxygen atoms in total. The van der Waals surface area contributed by atoms with E-state index in [-0.39, 0.29) is 36.9 Å². The average molecular weight is 433 g/mol. The Kier molecular flexibility index (Phi) is 7.55. The van der Waals surface area contributed by atoms with Crippen LogP contribution in [0, 0.1) is 0 Å². The first kappa shape index (κ1) is 20.6. The van der Waals surface area contributed by atoms with Crippen molar-refractivity contribution in [3.8, 4) is 0 Å². The van der Waals surface area contributed by atoms with Crippen molar-refractivity contribution in [1.29, 1.82) is 0 Å². The lowest BCUT2D eigenvalue weighted by Crippen LogP contribution is -2.28. The molecule has 2 rings (SSSR count). The van der Waals surface area contributed by atoms with Crippen LogP contribution < -0.4 is 10.6 Å². The van der Waals surface area contributed by atoms with Crippen molar-refractivity contribution in [1.82, 2.24) is 5.32 Å². The van der Waals surface area contributed by atoms with Gasteiger partial charge in [0.2, 0.25) is 0 Å². The van der Waals surface area contributed by atoms with Crippen LogP contribution in [0.2, 0.25) is 0 Å². The number of nitrogens with one attached hydrogen (secondary N) is 2. The van der Waals surface area contributed by atoms with Crippen LogP contribution in [0.4, 0.5) is 5.69 Å². The smallest absolute Gasteiger partial charge is 0.307 e. The van der Waals surface area contributed by atoms with Crippen LogP contribution >= 0.6 is 15.9 Å². The SMILES string of the molecule is CC(C)OC(=O)CCNC(=O)c1ccccc1NC(=O)c1ccccc1Br. The summed E-state index contributed by atoms with van der Waals surface area (Å²) in [5, 5.41) is 5.42. The molecular weight excluding hydrogens is 412 g/mol. The maximum atomic E-state index is 12.5. The molecule has 142 valence electrons. The van der Waals surface area contributed by atoms with Gasteiger partial charge in [-0.05, 0) is 54.0 Å². The van der Waals surface area contributed by atoms with Gasteiger partial charge >= 0.3 is 5.97 Å². The quantitative estimate of drug-likeness (QED) is 0.652. The summed E-state index contributed by atoms with van der Waals surface area (Å²) in [5.74, 6) is -1.08. The number of esters is 1. The summed E-state index contributed by atoms with van der Waals surface area (Å²) < 4.78 is 5.68. The lowest BCUT2D eigenvalue weighted by molar-refractivity contribution is -0.147. The largest absolute Gasteiger partial charge is 0.463 e. The Bertz CT molecular complexity index is 836. The van der Waals surface area contributed by atoms with Crippen molar-refractivity contribution in [2.24, 2.45) is 0 Å². The lowest BCUT2D eigenvalue weighted by atomic mass is 10.1. The molecule has 0 unspecified atom stereocenters. The molecule has 0 atom stereocenters. The topological polar surface area (TPSA) is 84.5 Å². The van der Waals surface area contributed by atoms with Crippen LogP contribution in [0.1, 0.15) is 41.0 Å². The van der Waals surface area contributed by atoms with Crippen molar-refractivity contribution in [2.75, 3.05) is 11.9 Å². The first-order chi connectivity index (χ1) is 12.9. The van der Waals surface area contributed by atoms with E-state index in [1.807, 2.05) is 6.07 Å². The molecule has 27 heavy (non-hydrogen) atoms. The number of hydrogen-bond donors (Lipinski definition) is 2. The number of amides is 2. The summed E-state index contributed by atoms with van der Waals surface area (Å²) in [6, 6.07) is 13.7. The zero-order valence-corrected chi connectivity index (χ0v) is 16.7. The Morgan fingerprint density at radius 2 is 1.59 bits per heavy atom. The van der Waals surface area contributed by atoms with E-state index >= 15 is 0 Å². The molecule has 0 fully saturated rings. The fraction of sp³-hybridized carbons (Fsp3) is 0.250. The van der Waals surface area contributed by atoms with E-state index in [2.05, 4.69) is 26.6 Å². The Hall–Kier alpha value is -2.67. The van der Waals surface area contributed by atoms with Crippen molar-refractivity contribution < 1.29 is 19.1 Å². The molecule has 7 heteroatoms. The number of benzene rings is 2. The minimum absolute atomic E-state index is 0.0788. The van der Waals surface area contributed by atoms with Gasteiger partial charge in [0.1, 0.15) is 0 Å². The molecule has 0 aromatic heterocycles. The first-order valence-corrected chi connectivity index (χ1v) is 9.30. The highest BCUT2D eigenvalue weighted by Crippen LogP contribution is 2.20. The molecule has 0 saturated heterocycles. The molecule has 2 N–H and O–H groups in total. The Morgan fingerprint density at radius 1 is 0.963 bits per heavy atom. The van der Waals surface area contributed by atoms with Crippen molar-refractivity contribution >= 4 is 39.4 Å². The van der Waals surface area contributed by atoms with Crippen LogP contribution in [0.25, 0.3) is 0 Å². The van der Waals surface area contributed by atoms with Gasteiger partial charge in [0.15, 0.2) is 0 Å². The molecule has 2 aromatic carbocycles. The van der Waals surface area contributed by atoms with E-state index in [0.29, 0.717) is 21.3 Å². The number of ether oxygens (including phenoxy) is 1. The number of rotatable bonds is 7. The summed E-state index contributed by atoms with van der Waals surface area (Å²) in [6.45, 7) is 3.68. The molecular formula is C20H21BrN2O4. The first-order valence-electron chi connectivity index (χ1n) is 8.51. The molecule has 0 aliphatic carbocycles. The fourth-order valence-electron chi connectivity index (χ4n) is 2.32. The second-order valence-electron chi connectivity index (χ2n) is 6.02. The molecule has 0 aliphatic rings. The van der Waals surface area contributed by atoms with Crippen LogP contribution in [0.15, 0.2) is 53.0 Å². The Balaban J connectivity index is 2.02. The van der Waals surface area contributed by atoms with Crippen molar-refractivity contribution in [2.45, 2.75) is 26.4 Å². The highest BCUT2D eigenvalue weighted by molar-refractivity contribution is 9.10. The van der Waals surface area contributed by atoms with Crippen LogP contribution in [-0.2, 0) is 9.53 Å². The predicted molar refractivity (Wildman–Crippen MR) is 107 cm³/mol. The van der Waals surface area contributed by atoms with Gasteiger partial charge in [0, 0.05) is 11.0 Å². The monoisotopic (exact) mass is 432 g/mol. The maximum absolute atomic E-state index is 12.5. The van der Waals surface area contributed by atoms with E-state index in [1.54, 1.807) is 56.3 Å². The van der Waals surface area contributed by atoms with E-state index in [1.165, 1.54) is 0 Å². The van der Waals surface area contributed by atoms with Gasteiger partial charge in [-0.25, -0.2) is 0 Å². The third-order valence-electron chi connectivity index (χ3n) is 3.52. The number of anilines is 1. The third-order valence-corrected chi connectivity index (χ3v) is 4.21. The lowest BCUT2D eigenvalue weighted by Gasteiger charge is -2.12. The van der Waals surface area contributed by atoms with Crippen molar-refractivity contribution in [3.05, 3.63) is 64.1 Å². The number of hydrogen-bond acceptors (Lipinski definition) is 4. The van der Waals surface area contributed by atoms with Gasteiger partial charge in [-0.2, -0.15) is 0 Å². The summed E-state index contributed by atoms with van der Waals surface area (Å²) >= 11 is 3.34. The summed E-state index contributed by atoms with van der Waals surface area (Å²) in [7, 11) is 0. The second-order valence-corrected chi connectivity index (χ2v) is 6.88. The molecule has 2 aromatic rings. The maximum Gasteiger partial charge on any atom is 0.307 e. The normalized spacial score (nSPS) is 10.4. The highest BCUT2D eigenvalue weighted by atomic mass is 79.9. The highest BCUT2D eigenvalue weighted by Gasteiger charge is 2.15. The van der Waals surface area contributed by atoms with E-state index in [9.17, 15) is 14.4 Å². The number of carbonyl (C=O) groups is 3. The summed E-state index contributed by atoms with van der Waals surface area (Å²) in [6.07, 6.45) is -0.114. The number of carbonyl (C=O) groups excluding carboxylic acids is 3. The standard InChI is InChI=1S/C20H21BrN2O4/c1-13(2)27-18(24)11-12-22-19(25)15-8-4-6-10-17(15)23-20(26)14-7-3-5-9-16(14)21/h3-10,13H,11-12H2,1-2H3,(H,22,25)(H,23,26). The minimum Gasteiger partial charge on any atom is -0.463 e. The molecule has 0 heterocycles. The van der Waals surface area contributed by atoms with Gasteiger partial charge in [-0.3, -0.25) is 14.4 Å². The van der Waals surface area contributed by atoms with Gasteiger partial charge in [-0.1, -0.05) is 24.3 Å². The number of para-hydroxylation sites is 1. The Labute approximate surface area is 166 Å². The van der Waals surface area contributed by atoms with Gasteiger partial charge < -0.3 is 15.4 Å². The van der Waals surface area contributed by atoms with Crippen LogP contribution in [0.3, 0.4) is 0 Å². The minimum atomic E-state index is -0.379. The molecule has 0 aliphatic heterocycles. The molecule has 0 spiro atoms. The molecule has 0 radical (unpaired) electrons. The molecule has 0 saturated carbocycles. The van der Waals surface area contributed by atoms with Gasteiger partial charge in [-0.15, -0.1) is 0 Å². The van der Waals surface area contributed by atoms with E-state index in [4.69, 9.17) is 4.74 Å². The average Bonchev–Trinajstić information content (AvgIpc) is 2.61. The Morgan fingerprint density at radius 3 is 2.26 bits per heavy atom. The second kappa shape index (κ2) is 9.87. The van der Waals surface area contributed by atoms with E-state index in [0.717, 1.165) is 0 Å². The summed E-state index contributed by atoms with van der Waals surface area (Å²) in [5.41, 5.74) is 1.17. The third kappa shape index (κ3) is 6.21. The molecule has 0 bridgehead atoms. The van der Waals surface area contributed by atoms with Crippen LogP contribution in [0.5, 0.6) is 0 Å². The van der Waals surface area contributed by atoms with Gasteiger partial charge in [0.25, 0.3) is 11.8 Å². The zero-order chi connectivity index (χ0) is 19.8. The van der Waals surface area contributed by atoms with Gasteiger partial charge in [0.05, 0.1) is 29.3 Å². The summed E-state index contributed by atoms with van der Waals surface area (Å²) in [4.78, 5) is 36.4.